The van der Waals surface area contributed by atoms with E-state index in [1.54, 1.807) is 6.92 Å². The first-order valence-corrected chi connectivity index (χ1v) is 10.3. The number of carbonyl (C=O) groups is 5. The normalized spacial score (nSPS) is 11.8. The highest BCUT2D eigenvalue weighted by Crippen LogP contribution is 2.21. The lowest BCUT2D eigenvalue weighted by Crippen LogP contribution is -2.10. The van der Waals surface area contributed by atoms with Crippen LogP contribution in [0.2, 0.25) is 0 Å². The summed E-state index contributed by atoms with van der Waals surface area (Å²) in [7, 11) is 0. The fourth-order valence-corrected chi connectivity index (χ4v) is 3.11. The van der Waals surface area contributed by atoms with Crippen LogP contribution in [0.5, 0.6) is 0 Å². The summed E-state index contributed by atoms with van der Waals surface area (Å²) in [5, 5.41) is 0. The first-order chi connectivity index (χ1) is 12.7. The number of hydrogen-bond acceptors (Lipinski definition) is 5. The van der Waals surface area contributed by atoms with Crippen molar-refractivity contribution in [3.8, 4) is 0 Å². The van der Waals surface area contributed by atoms with Crippen molar-refractivity contribution in [3.05, 3.63) is 0 Å². The largest absolute Gasteiger partial charge is 0.300 e. The van der Waals surface area contributed by atoms with Gasteiger partial charge in [0.15, 0.2) is 0 Å². The van der Waals surface area contributed by atoms with Crippen LogP contribution in [0, 0.1) is 5.92 Å². The van der Waals surface area contributed by atoms with Crippen molar-refractivity contribution in [2.24, 2.45) is 5.92 Å². The molecule has 0 heterocycles. The average Bonchev–Trinajstić information content (AvgIpc) is 2.58. The maximum Gasteiger partial charge on any atom is 0.133 e. The lowest BCUT2D eigenvalue weighted by molar-refractivity contribution is -0.124. The molecule has 1 atom stereocenters. The molecule has 0 aliphatic carbocycles. The van der Waals surface area contributed by atoms with E-state index >= 15 is 0 Å². The highest BCUT2D eigenvalue weighted by molar-refractivity contribution is 5.86. The van der Waals surface area contributed by atoms with Crippen molar-refractivity contribution in [3.63, 3.8) is 0 Å². The minimum absolute atomic E-state index is 0.0419. The van der Waals surface area contributed by atoms with E-state index in [0.29, 0.717) is 44.9 Å². The second kappa shape index (κ2) is 15.4. The monoisotopic (exact) mass is 380 g/mol. The molecule has 1 unspecified atom stereocenters. The van der Waals surface area contributed by atoms with Crippen LogP contribution in [-0.4, -0.2) is 28.9 Å². The summed E-state index contributed by atoms with van der Waals surface area (Å²) in [5.74, 6) is 0.833. The fraction of sp³-hybridized carbons (Fsp3) is 0.773. The number of carbonyl (C=O) groups excluding carboxylic acids is 5. The van der Waals surface area contributed by atoms with Crippen LogP contribution in [0.15, 0.2) is 0 Å². The highest BCUT2D eigenvalue weighted by Gasteiger charge is 2.14. The van der Waals surface area contributed by atoms with Crippen LogP contribution >= 0.6 is 0 Å². The SMILES string of the molecule is CCC(=O)CC(CCCC(C)=O)CCCC(=O)CCC(=O)CCCC(C)=O. The molecule has 0 aromatic rings. The van der Waals surface area contributed by atoms with Gasteiger partial charge < -0.3 is 9.59 Å². The van der Waals surface area contributed by atoms with Crippen molar-refractivity contribution in [2.75, 3.05) is 0 Å². The van der Waals surface area contributed by atoms with E-state index in [2.05, 4.69) is 0 Å². The minimum Gasteiger partial charge on any atom is -0.300 e. The van der Waals surface area contributed by atoms with E-state index in [-0.39, 0.29) is 47.7 Å². The van der Waals surface area contributed by atoms with E-state index in [4.69, 9.17) is 0 Å². The molecule has 0 aliphatic rings. The molecule has 0 bridgehead atoms. The predicted molar refractivity (Wildman–Crippen MR) is 106 cm³/mol. The zero-order chi connectivity index (χ0) is 20.7. The van der Waals surface area contributed by atoms with Gasteiger partial charge in [0.25, 0.3) is 0 Å². The van der Waals surface area contributed by atoms with Gasteiger partial charge in [-0.2, -0.15) is 0 Å². The third-order valence-electron chi connectivity index (χ3n) is 4.79. The molecule has 0 rings (SSSR count). The number of Topliss-reactive ketones (excluding diaryl/α,β-unsaturated/α-hetero) is 5. The Labute approximate surface area is 163 Å². The lowest BCUT2D eigenvalue weighted by atomic mass is 9.89. The van der Waals surface area contributed by atoms with Crippen LogP contribution in [0.4, 0.5) is 0 Å². The van der Waals surface area contributed by atoms with Gasteiger partial charge in [-0.15, -0.1) is 0 Å². The van der Waals surface area contributed by atoms with Crippen LogP contribution in [0.1, 0.15) is 104 Å². The van der Waals surface area contributed by atoms with E-state index < -0.39 is 0 Å². The highest BCUT2D eigenvalue weighted by atomic mass is 16.1. The Kier molecular flexibility index (Phi) is 14.5. The zero-order valence-corrected chi connectivity index (χ0v) is 17.3. The predicted octanol–water partition coefficient (Wildman–Crippen LogP) is 4.58. The quantitative estimate of drug-likeness (QED) is 0.347. The standard InChI is InChI=1S/C22H36O5/c1-4-20(25)16-19(10-5-8-17(2)23)11-7-13-22(27)15-14-21(26)12-6-9-18(3)24/h19H,4-16H2,1-3H3. The molecule has 5 nitrogen and oxygen atoms in total. The van der Waals surface area contributed by atoms with E-state index in [1.807, 2.05) is 6.92 Å². The molecule has 0 N–H and O–H groups in total. The first kappa shape index (κ1) is 25.4. The van der Waals surface area contributed by atoms with Crippen molar-refractivity contribution >= 4 is 28.9 Å². The summed E-state index contributed by atoms with van der Waals surface area (Å²) in [4.78, 5) is 57.3. The van der Waals surface area contributed by atoms with Gasteiger partial charge in [-0.05, 0) is 51.9 Å². The molecule has 0 radical (unpaired) electrons. The van der Waals surface area contributed by atoms with E-state index in [9.17, 15) is 24.0 Å². The summed E-state index contributed by atoms with van der Waals surface area (Å²) >= 11 is 0. The maximum absolute atomic E-state index is 12.0. The second-order valence-electron chi connectivity index (χ2n) is 7.58. The Morgan fingerprint density at radius 3 is 1.52 bits per heavy atom. The molecular weight excluding hydrogens is 344 g/mol. The van der Waals surface area contributed by atoms with Crippen molar-refractivity contribution in [1.29, 1.82) is 0 Å². The molecule has 0 spiro atoms. The topological polar surface area (TPSA) is 85.3 Å². The second-order valence-corrected chi connectivity index (χ2v) is 7.58. The van der Waals surface area contributed by atoms with Gasteiger partial charge >= 0.3 is 0 Å². The van der Waals surface area contributed by atoms with Gasteiger partial charge in [-0.1, -0.05) is 6.92 Å². The zero-order valence-electron chi connectivity index (χ0n) is 17.3. The summed E-state index contributed by atoms with van der Waals surface area (Å²) in [5.41, 5.74) is 0. The average molecular weight is 381 g/mol. The first-order valence-electron chi connectivity index (χ1n) is 10.3. The summed E-state index contributed by atoms with van der Waals surface area (Å²) in [6.45, 7) is 4.94. The molecular formula is C22H36O5. The van der Waals surface area contributed by atoms with Gasteiger partial charge in [-0.3, -0.25) is 14.4 Å². The van der Waals surface area contributed by atoms with Crippen LogP contribution in [-0.2, 0) is 24.0 Å². The fourth-order valence-electron chi connectivity index (χ4n) is 3.11. The Morgan fingerprint density at radius 1 is 0.593 bits per heavy atom. The number of hydrogen-bond donors (Lipinski definition) is 0. The lowest BCUT2D eigenvalue weighted by Gasteiger charge is -2.15. The Morgan fingerprint density at radius 2 is 1.04 bits per heavy atom. The van der Waals surface area contributed by atoms with Crippen LogP contribution in [0.3, 0.4) is 0 Å². The van der Waals surface area contributed by atoms with E-state index in [1.165, 1.54) is 6.92 Å². The molecule has 27 heavy (non-hydrogen) atoms. The van der Waals surface area contributed by atoms with Gasteiger partial charge in [0, 0.05) is 51.4 Å². The Balaban J connectivity index is 4.07. The molecule has 0 aromatic heterocycles. The van der Waals surface area contributed by atoms with Gasteiger partial charge in [-0.25, -0.2) is 0 Å². The van der Waals surface area contributed by atoms with Crippen LogP contribution < -0.4 is 0 Å². The van der Waals surface area contributed by atoms with Crippen molar-refractivity contribution < 1.29 is 24.0 Å². The third kappa shape index (κ3) is 16.3. The molecule has 154 valence electrons. The maximum atomic E-state index is 12.0. The minimum atomic E-state index is 0.0419. The van der Waals surface area contributed by atoms with Gasteiger partial charge in [0.05, 0.1) is 0 Å². The molecule has 0 aliphatic heterocycles. The van der Waals surface area contributed by atoms with Crippen molar-refractivity contribution in [2.45, 2.75) is 104 Å². The summed E-state index contributed by atoms with van der Waals surface area (Å²) in [6.07, 6.45) is 7.06. The van der Waals surface area contributed by atoms with Crippen LogP contribution in [0.25, 0.3) is 0 Å². The molecule has 0 saturated carbocycles. The molecule has 0 amide bonds. The molecule has 5 heteroatoms. The van der Waals surface area contributed by atoms with E-state index in [0.717, 1.165) is 25.7 Å². The summed E-state index contributed by atoms with van der Waals surface area (Å²) in [6, 6.07) is 0. The Hall–Kier alpha value is -1.65. The number of rotatable bonds is 18. The molecule has 0 aromatic carbocycles. The third-order valence-corrected chi connectivity index (χ3v) is 4.79. The van der Waals surface area contributed by atoms with Gasteiger partial charge in [0.1, 0.15) is 28.9 Å². The molecule has 0 fully saturated rings. The Bertz CT molecular complexity index is 507. The number of ketones is 5. The summed E-state index contributed by atoms with van der Waals surface area (Å²) < 4.78 is 0. The molecule has 0 saturated heterocycles. The van der Waals surface area contributed by atoms with Gasteiger partial charge in [0.2, 0.25) is 0 Å². The van der Waals surface area contributed by atoms with Crippen molar-refractivity contribution in [1.82, 2.24) is 0 Å². The smallest absolute Gasteiger partial charge is 0.133 e.